The molecule has 37 heavy (non-hydrogen) atoms. The van der Waals surface area contributed by atoms with E-state index in [1.165, 1.54) is 0 Å². The Balaban J connectivity index is 1.45. The van der Waals surface area contributed by atoms with E-state index in [0.29, 0.717) is 22.3 Å². The van der Waals surface area contributed by atoms with Gasteiger partial charge in [-0.3, -0.25) is 4.57 Å². The third-order valence-corrected chi connectivity index (χ3v) is 8.14. The lowest BCUT2D eigenvalue weighted by atomic mass is 10.0. The van der Waals surface area contributed by atoms with Crippen LogP contribution in [0.4, 0.5) is 0 Å². The molecular formula is C29H24Cl2N4OS. The first-order chi connectivity index (χ1) is 18.2. The fraction of sp³-hybridized carbons (Fsp3) is 0.207. The minimum Gasteiger partial charge on any atom is -0.376 e. The summed E-state index contributed by atoms with van der Waals surface area (Å²) in [4.78, 5) is 4.95. The van der Waals surface area contributed by atoms with Crippen molar-refractivity contribution in [2.24, 2.45) is 0 Å². The Kier molecular flexibility index (Phi) is 7.16. The van der Waals surface area contributed by atoms with Crippen LogP contribution in [0.1, 0.15) is 18.4 Å². The maximum Gasteiger partial charge on any atom is 0.191 e. The Morgan fingerprint density at radius 1 is 0.946 bits per heavy atom. The standard InChI is InChI=1S/C29H24Cl2N4OS/c30-21-12-13-25(31)20(15-21)18-37-29-34-33-28(35(29)17-22-9-6-14-36-22)24-16-27(19-7-2-1-3-8-19)32-26-11-5-4-10-23(24)26/h1-5,7-8,10-13,15-16,22H,6,9,14,17-18H2. The van der Waals surface area contributed by atoms with E-state index in [-0.39, 0.29) is 6.10 Å². The van der Waals surface area contributed by atoms with Gasteiger partial charge >= 0.3 is 0 Å². The van der Waals surface area contributed by atoms with Crippen molar-refractivity contribution in [1.29, 1.82) is 0 Å². The highest BCUT2D eigenvalue weighted by atomic mass is 35.5. The topological polar surface area (TPSA) is 52.8 Å². The van der Waals surface area contributed by atoms with Gasteiger partial charge in [-0.05, 0) is 48.7 Å². The van der Waals surface area contributed by atoms with Crippen LogP contribution < -0.4 is 0 Å². The molecule has 1 unspecified atom stereocenters. The van der Waals surface area contributed by atoms with Gasteiger partial charge in [0, 0.05) is 38.9 Å². The molecule has 0 amide bonds. The van der Waals surface area contributed by atoms with E-state index in [1.807, 2.05) is 48.5 Å². The van der Waals surface area contributed by atoms with Gasteiger partial charge in [0.2, 0.25) is 0 Å². The Hall–Kier alpha value is -2.90. The summed E-state index contributed by atoms with van der Waals surface area (Å²) in [7, 11) is 0. The van der Waals surface area contributed by atoms with Gasteiger partial charge in [0.1, 0.15) is 0 Å². The summed E-state index contributed by atoms with van der Waals surface area (Å²) in [6.07, 6.45) is 2.22. The summed E-state index contributed by atoms with van der Waals surface area (Å²) < 4.78 is 8.20. The molecule has 1 saturated heterocycles. The fourth-order valence-corrected chi connectivity index (χ4v) is 6.06. The molecular weight excluding hydrogens is 523 g/mol. The number of aromatic nitrogens is 4. The van der Waals surface area contributed by atoms with Gasteiger partial charge in [-0.1, -0.05) is 83.5 Å². The average Bonchev–Trinajstić information content (AvgIpc) is 3.59. The molecule has 3 heterocycles. The molecule has 1 aliphatic rings. The fourth-order valence-electron chi connectivity index (χ4n) is 4.66. The van der Waals surface area contributed by atoms with Crippen molar-refractivity contribution >= 4 is 45.9 Å². The van der Waals surface area contributed by atoms with Gasteiger partial charge in [-0.15, -0.1) is 10.2 Å². The predicted molar refractivity (Wildman–Crippen MR) is 151 cm³/mol. The normalized spacial score (nSPS) is 15.5. The second-order valence-electron chi connectivity index (χ2n) is 9.01. The predicted octanol–water partition coefficient (Wildman–Crippen LogP) is 7.94. The lowest BCUT2D eigenvalue weighted by Crippen LogP contribution is -2.16. The van der Waals surface area contributed by atoms with Gasteiger partial charge in [-0.2, -0.15) is 0 Å². The number of benzene rings is 3. The number of nitrogens with zero attached hydrogens (tertiary/aromatic N) is 4. The van der Waals surface area contributed by atoms with Gasteiger partial charge in [0.25, 0.3) is 0 Å². The van der Waals surface area contributed by atoms with Crippen LogP contribution in [0.3, 0.4) is 0 Å². The van der Waals surface area contributed by atoms with Gasteiger partial charge in [0.05, 0.1) is 23.9 Å². The maximum absolute atomic E-state index is 6.44. The minimum absolute atomic E-state index is 0.130. The lowest BCUT2D eigenvalue weighted by Gasteiger charge is -2.16. The summed E-state index contributed by atoms with van der Waals surface area (Å²) in [5, 5.41) is 12.6. The van der Waals surface area contributed by atoms with E-state index in [4.69, 9.17) is 38.0 Å². The zero-order chi connectivity index (χ0) is 25.2. The zero-order valence-electron chi connectivity index (χ0n) is 20.0. The number of pyridine rings is 1. The second kappa shape index (κ2) is 10.8. The molecule has 2 aromatic heterocycles. The van der Waals surface area contributed by atoms with Crippen molar-refractivity contribution < 1.29 is 4.74 Å². The number of thioether (sulfide) groups is 1. The van der Waals surface area contributed by atoms with Crippen LogP contribution in [0.25, 0.3) is 33.5 Å². The molecule has 5 aromatic rings. The van der Waals surface area contributed by atoms with Crippen LogP contribution in [0, 0.1) is 0 Å². The summed E-state index contributed by atoms with van der Waals surface area (Å²) >= 11 is 14.3. The Morgan fingerprint density at radius 2 is 1.78 bits per heavy atom. The molecule has 0 radical (unpaired) electrons. The SMILES string of the molecule is Clc1ccc(Cl)c(CSc2nnc(-c3cc(-c4ccccc4)nc4ccccc34)n2CC2CCCO2)c1. The van der Waals surface area contributed by atoms with Crippen molar-refractivity contribution in [3.05, 3.63) is 94.5 Å². The van der Waals surface area contributed by atoms with E-state index < -0.39 is 0 Å². The van der Waals surface area contributed by atoms with E-state index in [0.717, 1.165) is 63.7 Å². The van der Waals surface area contributed by atoms with E-state index in [9.17, 15) is 0 Å². The molecule has 1 fully saturated rings. The number of halogens is 2. The molecule has 0 aliphatic carbocycles. The van der Waals surface area contributed by atoms with Crippen LogP contribution in [-0.2, 0) is 17.0 Å². The van der Waals surface area contributed by atoms with E-state index in [1.54, 1.807) is 17.8 Å². The molecule has 8 heteroatoms. The van der Waals surface area contributed by atoms with Crippen molar-refractivity contribution in [3.8, 4) is 22.6 Å². The Bertz CT molecular complexity index is 1550. The number of ether oxygens (including phenoxy) is 1. The first-order valence-corrected chi connectivity index (χ1v) is 14.0. The monoisotopic (exact) mass is 546 g/mol. The zero-order valence-corrected chi connectivity index (χ0v) is 22.3. The molecule has 0 spiro atoms. The van der Waals surface area contributed by atoms with Crippen LogP contribution in [0.15, 0.2) is 84.0 Å². The number of fused-ring (bicyclic) bond motifs is 1. The smallest absolute Gasteiger partial charge is 0.191 e. The van der Waals surface area contributed by atoms with Gasteiger partial charge in [-0.25, -0.2) is 4.98 Å². The van der Waals surface area contributed by atoms with Crippen molar-refractivity contribution in [3.63, 3.8) is 0 Å². The summed E-state index contributed by atoms with van der Waals surface area (Å²) in [6.45, 7) is 1.48. The van der Waals surface area contributed by atoms with Gasteiger partial charge in [0.15, 0.2) is 11.0 Å². The molecule has 6 rings (SSSR count). The van der Waals surface area contributed by atoms with Crippen LogP contribution in [-0.4, -0.2) is 32.5 Å². The molecule has 186 valence electrons. The summed E-state index contributed by atoms with van der Waals surface area (Å²) in [5.41, 5.74) is 4.85. The van der Waals surface area contributed by atoms with Crippen molar-refractivity contribution in [2.45, 2.75) is 36.4 Å². The molecule has 1 atom stereocenters. The van der Waals surface area contributed by atoms with E-state index in [2.05, 4.69) is 33.9 Å². The Morgan fingerprint density at radius 3 is 2.62 bits per heavy atom. The first-order valence-electron chi connectivity index (χ1n) is 12.2. The number of para-hydroxylation sites is 1. The third-order valence-electron chi connectivity index (χ3n) is 6.52. The van der Waals surface area contributed by atoms with Gasteiger partial charge < -0.3 is 4.74 Å². The minimum atomic E-state index is 0.130. The lowest BCUT2D eigenvalue weighted by molar-refractivity contribution is 0.0953. The molecule has 0 bridgehead atoms. The molecule has 0 saturated carbocycles. The summed E-state index contributed by atoms with van der Waals surface area (Å²) in [5.74, 6) is 1.45. The second-order valence-corrected chi connectivity index (χ2v) is 10.8. The van der Waals surface area contributed by atoms with E-state index >= 15 is 0 Å². The molecule has 3 aromatic carbocycles. The van der Waals surface area contributed by atoms with Crippen LogP contribution in [0.5, 0.6) is 0 Å². The van der Waals surface area contributed by atoms with Crippen molar-refractivity contribution in [2.75, 3.05) is 6.61 Å². The highest BCUT2D eigenvalue weighted by molar-refractivity contribution is 7.98. The Labute approximate surface area is 229 Å². The number of rotatable bonds is 7. The molecule has 0 N–H and O–H groups in total. The number of hydrogen-bond donors (Lipinski definition) is 0. The first kappa shape index (κ1) is 24.4. The maximum atomic E-state index is 6.44. The molecule has 5 nitrogen and oxygen atoms in total. The van der Waals surface area contributed by atoms with Crippen LogP contribution in [0.2, 0.25) is 10.0 Å². The highest BCUT2D eigenvalue weighted by Gasteiger charge is 2.23. The number of hydrogen-bond acceptors (Lipinski definition) is 5. The average molecular weight is 548 g/mol. The highest BCUT2D eigenvalue weighted by Crippen LogP contribution is 2.35. The third kappa shape index (κ3) is 5.25. The van der Waals surface area contributed by atoms with Crippen LogP contribution >= 0.6 is 35.0 Å². The quantitative estimate of drug-likeness (QED) is 0.194. The largest absolute Gasteiger partial charge is 0.376 e. The summed E-state index contributed by atoms with van der Waals surface area (Å²) in [6, 6.07) is 26.1. The van der Waals surface area contributed by atoms with Crippen molar-refractivity contribution in [1.82, 2.24) is 19.7 Å². The molecule has 1 aliphatic heterocycles.